The van der Waals surface area contributed by atoms with E-state index in [2.05, 4.69) is 0 Å². The highest BCUT2D eigenvalue weighted by molar-refractivity contribution is 6.08. The van der Waals surface area contributed by atoms with E-state index in [1.807, 2.05) is 0 Å². The van der Waals surface area contributed by atoms with E-state index in [1.165, 1.54) is 0 Å². The standard InChI is InChI=1S/C19H11F6NO4/c1-6(17(27)28)26-9-4-7(11-12(21)14(23)16(25)15(24)13(11)22)8(20)5-10(9)30-19(2-3-19)18(26)29/h4-6H,2-3H2,1H3,(H,27,28)/t6-/m0/s1. The minimum absolute atomic E-state index is 0.245. The maximum Gasteiger partial charge on any atom is 0.326 e. The molecule has 2 aromatic rings. The summed E-state index contributed by atoms with van der Waals surface area (Å²) in [5.74, 6) is -15.4. The van der Waals surface area contributed by atoms with Crippen molar-refractivity contribution in [1.82, 2.24) is 0 Å². The fourth-order valence-corrected chi connectivity index (χ4v) is 3.35. The number of rotatable bonds is 3. The van der Waals surface area contributed by atoms with Crippen LogP contribution >= 0.6 is 0 Å². The molecule has 0 aromatic heterocycles. The summed E-state index contributed by atoms with van der Waals surface area (Å²) in [4.78, 5) is 25.0. The molecule has 2 aliphatic rings. The number of nitrogens with zero attached hydrogens (tertiary/aromatic N) is 1. The van der Waals surface area contributed by atoms with Crippen LogP contribution in [-0.2, 0) is 9.59 Å². The third kappa shape index (κ3) is 2.64. The third-order valence-corrected chi connectivity index (χ3v) is 5.15. The molecular formula is C19H11F6NO4. The largest absolute Gasteiger partial charge is 0.480 e. The first kappa shape index (κ1) is 20.0. The molecule has 158 valence electrons. The Morgan fingerprint density at radius 3 is 2.07 bits per heavy atom. The van der Waals surface area contributed by atoms with Gasteiger partial charge in [0.25, 0.3) is 5.91 Å². The first-order valence-corrected chi connectivity index (χ1v) is 8.61. The van der Waals surface area contributed by atoms with Gasteiger partial charge in [0, 0.05) is 24.5 Å². The Morgan fingerprint density at radius 1 is 1.03 bits per heavy atom. The molecular weight excluding hydrogens is 420 g/mol. The SMILES string of the molecule is C[C@@H](C(=O)O)N1C(=O)C2(CC2)Oc2cc(F)c(-c3c(F)c(F)c(F)c(F)c3F)cc21. The molecule has 1 N–H and O–H groups in total. The number of carboxylic acids is 1. The smallest absolute Gasteiger partial charge is 0.326 e. The van der Waals surface area contributed by atoms with Crippen molar-refractivity contribution >= 4 is 17.6 Å². The van der Waals surface area contributed by atoms with Crippen molar-refractivity contribution in [3.05, 3.63) is 47.0 Å². The van der Waals surface area contributed by atoms with E-state index in [4.69, 9.17) is 4.74 Å². The van der Waals surface area contributed by atoms with E-state index >= 15 is 0 Å². The van der Waals surface area contributed by atoms with Gasteiger partial charge in [-0.25, -0.2) is 31.1 Å². The number of carboxylic acid groups (broad SMARTS) is 1. The number of carbonyl (C=O) groups is 2. The van der Waals surface area contributed by atoms with E-state index in [-0.39, 0.29) is 24.3 Å². The third-order valence-electron chi connectivity index (χ3n) is 5.15. The van der Waals surface area contributed by atoms with Gasteiger partial charge < -0.3 is 9.84 Å². The van der Waals surface area contributed by atoms with Gasteiger partial charge in [-0.3, -0.25) is 9.69 Å². The van der Waals surface area contributed by atoms with Crippen LogP contribution in [0.2, 0.25) is 0 Å². The summed E-state index contributed by atoms with van der Waals surface area (Å²) in [6.45, 7) is 1.15. The molecule has 1 saturated carbocycles. The van der Waals surface area contributed by atoms with Crippen molar-refractivity contribution < 1.29 is 45.8 Å². The highest BCUT2D eigenvalue weighted by atomic mass is 19.2. The molecule has 4 rings (SSSR count). The van der Waals surface area contributed by atoms with Gasteiger partial charge in [0.1, 0.15) is 17.6 Å². The van der Waals surface area contributed by atoms with E-state index in [0.717, 1.165) is 11.8 Å². The fraction of sp³-hybridized carbons (Fsp3) is 0.263. The quantitative estimate of drug-likeness (QED) is 0.455. The van der Waals surface area contributed by atoms with E-state index < -0.39 is 69.5 Å². The Kier molecular flexibility index (Phi) is 4.26. The average molecular weight is 431 g/mol. The molecule has 2 aromatic carbocycles. The number of carbonyl (C=O) groups excluding carboxylic acids is 1. The molecule has 0 unspecified atom stereocenters. The van der Waals surface area contributed by atoms with Crippen molar-refractivity contribution in [1.29, 1.82) is 0 Å². The normalized spacial score (nSPS) is 17.6. The average Bonchev–Trinajstić information content (AvgIpc) is 3.47. The molecule has 30 heavy (non-hydrogen) atoms. The Hall–Kier alpha value is -3.24. The first-order valence-electron chi connectivity index (χ1n) is 8.61. The second-order valence-electron chi connectivity index (χ2n) is 7.03. The summed E-state index contributed by atoms with van der Waals surface area (Å²) in [5, 5.41) is 9.33. The number of aliphatic carboxylic acids is 1. The summed E-state index contributed by atoms with van der Waals surface area (Å²) in [5.41, 5.74) is -4.33. The molecule has 11 heteroatoms. The lowest BCUT2D eigenvalue weighted by Gasteiger charge is -2.37. The predicted octanol–water partition coefficient (Wildman–Crippen LogP) is 3.92. The van der Waals surface area contributed by atoms with Gasteiger partial charge in [0.05, 0.1) is 11.3 Å². The zero-order valence-corrected chi connectivity index (χ0v) is 15.0. The monoisotopic (exact) mass is 431 g/mol. The highest BCUT2D eigenvalue weighted by Gasteiger charge is 2.59. The number of anilines is 1. The topological polar surface area (TPSA) is 66.8 Å². The minimum atomic E-state index is -2.41. The number of benzene rings is 2. The van der Waals surface area contributed by atoms with Gasteiger partial charge in [0.2, 0.25) is 5.82 Å². The number of hydrogen-bond acceptors (Lipinski definition) is 3. The predicted molar refractivity (Wildman–Crippen MR) is 88.8 cm³/mol. The summed E-state index contributed by atoms with van der Waals surface area (Å²) in [6.07, 6.45) is 0.490. The Balaban J connectivity index is 1.98. The summed E-state index contributed by atoms with van der Waals surface area (Å²) >= 11 is 0. The number of fused-ring (bicyclic) bond motifs is 1. The number of hydrogen-bond donors (Lipinski definition) is 1. The lowest BCUT2D eigenvalue weighted by Crippen LogP contribution is -2.53. The molecule has 1 heterocycles. The van der Waals surface area contributed by atoms with Crippen molar-refractivity contribution in [2.24, 2.45) is 0 Å². The minimum Gasteiger partial charge on any atom is -0.480 e. The van der Waals surface area contributed by atoms with Gasteiger partial charge in [0.15, 0.2) is 28.9 Å². The molecule has 0 saturated heterocycles. The van der Waals surface area contributed by atoms with Crippen LogP contribution < -0.4 is 9.64 Å². The molecule has 1 atom stereocenters. The van der Waals surface area contributed by atoms with Crippen molar-refractivity contribution in [2.45, 2.75) is 31.4 Å². The van der Waals surface area contributed by atoms with Crippen molar-refractivity contribution in [3.8, 4) is 16.9 Å². The van der Waals surface area contributed by atoms with Crippen LogP contribution in [0.4, 0.5) is 32.0 Å². The van der Waals surface area contributed by atoms with Gasteiger partial charge >= 0.3 is 5.97 Å². The second kappa shape index (κ2) is 6.38. The Bertz CT molecular complexity index is 1100. The Labute approximate surface area is 164 Å². The van der Waals surface area contributed by atoms with E-state index in [0.29, 0.717) is 12.1 Å². The molecule has 0 radical (unpaired) electrons. The second-order valence-corrected chi connectivity index (χ2v) is 7.03. The lowest BCUT2D eigenvalue weighted by molar-refractivity contribution is -0.141. The van der Waals surface area contributed by atoms with E-state index in [9.17, 15) is 41.0 Å². The van der Waals surface area contributed by atoms with Gasteiger partial charge in [-0.1, -0.05) is 0 Å². The van der Waals surface area contributed by atoms with Crippen LogP contribution in [0.5, 0.6) is 5.75 Å². The molecule has 1 aliphatic carbocycles. The summed E-state index contributed by atoms with van der Waals surface area (Å²) in [6, 6.07) is -0.223. The van der Waals surface area contributed by atoms with Crippen LogP contribution in [0.25, 0.3) is 11.1 Å². The number of halogens is 6. The fourth-order valence-electron chi connectivity index (χ4n) is 3.35. The first-order chi connectivity index (χ1) is 14.0. The van der Waals surface area contributed by atoms with E-state index in [1.54, 1.807) is 0 Å². The number of amides is 1. The summed E-state index contributed by atoms with van der Waals surface area (Å²) in [7, 11) is 0. The van der Waals surface area contributed by atoms with Gasteiger partial charge in [-0.2, -0.15) is 0 Å². The highest BCUT2D eigenvalue weighted by Crippen LogP contribution is 2.51. The van der Waals surface area contributed by atoms with Crippen molar-refractivity contribution in [2.75, 3.05) is 4.90 Å². The van der Waals surface area contributed by atoms with Crippen molar-refractivity contribution in [3.63, 3.8) is 0 Å². The molecule has 1 fully saturated rings. The molecule has 1 amide bonds. The van der Waals surface area contributed by atoms with Crippen LogP contribution in [0.1, 0.15) is 19.8 Å². The molecule has 5 nitrogen and oxygen atoms in total. The molecule has 0 bridgehead atoms. The van der Waals surface area contributed by atoms with Crippen LogP contribution in [0, 0.1) is 34.9 Å². The summed E-state index contributed by atoms with van der Waals surface area (Å²) < 4.78 is 89.1. The number of ether oxygens (including phenoxy) is 1. The van der Waals surface area contributed by atoms with Crippen LogP contribution in [0.3, 0.4) is 0 Å². The molecule has 1 aliphatic heterocycles. The van der Waals surface area contributed by atoms with Crippen LogP contribution in [0.15, 0.2) is 12.1 Å². The zero-order chi connectivity index (χ0) is 22.1. The lowest BCUT2D eigenvalue weighted by atomic mass is 9.99. The Morgan fingerprint density at radius 2 is 1.57 bits per heavy atom. The van der Waals surface area contributed by atoms with Gasteiger partial charge in [-0.05, 0) is 13.0 Å². The zero-order valence-electron chi connectivity index (χ0n) is 15.0. The van der Waals surface area contributed by atoms with Crippen LogP contribution in [-0.4, -0.2) is 28.6 Å². The maximum absolute atomic E-state index is 14.7. The molecule has 1 spiro atoms. The van der Waals surface area contributed by atoms with Gasteiger partial charge in [-0.15, -0.1) is 0 Å². The maximum atomic E-state index is 14.7.